The van der Waals surface area contributed by atoms with E-state index in [2.05, 4.69) is 46.9 Å². The molecule has 0 amide bonds. The summed E-state index contributed by atoms with van der Waals surface area (Å²) < 4.78 is 3.22. The third-order valence-electron chi connectivity index (χ3n) is 3.49. The number of hydrogen-bond donors (Lipinski definition) is 1. The van der Waals surface area contributed by atoms with Gasteiger partial charge in [-0.2, -0.15) is 0 Å². The summed E-state index contributed by atoms with van der Waals surface area (Å²) in [5.74, 6) is 1.08. The standard InChI is InChI=1S/C15H20BrN3/c1-10-8-12(9-11(2)15(10)16)13(17)4-5-14-18-6-7-19(14)3/h6-9,13H,4-5,17H2,1-3H3. The second-order valence-electron chi connectivity index (χ2n) is 5.07. The van der Waals surface area contributed by atoms with E-state index in [0.29, 0.717) is 0 Å². The highest BCUT2D eigenvalue weighted by Crippen LogP contribution is 2.26. The summed E-state index contributed by atoms with van der Waals surface area (Å²) >= 11 is 3.59. The van der Waals surface area contributed by atoms with Crippen molar-refractivity contribution in [2.45, 2.75) is 32.7 Å². The minimum atomic E-state index is 0.0576. The lowest BCUT2D eigenvalue weighted by Gasteiger charge is -2.15. The van der Waals surface area contributed by atoms with Gasteiger partial charge in [-0.05, 0) is 37.0 Å². The van der Waals surface area contributed by atoms with E-state index in [1.165, 1.54) is 21.2 Å². The number of benzene rings is 1. The Bertz CT molecular complexity index is 552. The Morgan fingerprint density at radius 1 is 1.32 bits per heavy atom. The van der Waals surface area contributed by atoms with Crippen LogP contribution >= 0.6 is 15.9 Å². The van der Waals surface area contributed by atoms with Gasteiger partial charge in [-0.3, -0.25) is 0 Å². The van der Waals surface area contributed by atoms with Crippen molar-refractivity contribution in [2.75, 3.05) is 0 Å². The molecule has 0 saturated heterocycles. The number of hydrogen-bond acceptors (Lipinski definition) is 2. The minimum Gasteiger partial charge on any atom is -0.338 e. The summed E-state index contributed by atoms with van der Waals surface area (Å²) in [6, 6.07) is 4.39. The van der Waals surface area contributed by atoms with Gasteiger partial charge in [0.1, 0.15) is 5.82 Å². The molecule has 4 heteroatoms. The van der Waals surface area contributed by atoms with Crippen LogP contribution in [0.1, 0.15) is 35.0 Å². The van der Waals surface area contributed by atoms with Gasteiger partial charge in [0, 0.05) is 36.4 Å². The third-order valence-corrected chi connectivity index (χ3v) is 4.74. The number of nitrogens with zero attached hydrogens (tertiary/aromatic N) is 2. The Labute approximate surface area is 123 Å². The smallest absolute Gasteiger partial charge is 0.108 e. The molecule has 0 radical (unpaired) electrons. The zero-order valence-corrected chi connectivity index (χ0v) is 13.2. The van der Waals surface area contributed by atoms with Gasteiger partial charge in [0.25, 0.3) is 0 Å². The summed E-state index contributed by atoms with van der Waals surface area (Å²) in [4.78, 5) is 4.33. The topological polar surface area (TPSA) is 43.8 Å². The summed E-state index contributed by atoms with van der Waals surface area (Å²) in [5, 5.41) is 0. The maximum absolute atomic E-state index is 6.30. The molecule has 0 aliphatic heterocycles. The van der Waals surface area contributed by atoms with Crippen molar-refractivity contribution >= 4 is 15.9 Å². The van der Waals surface area contributed by atoms with E-state index < -0.39 is 0 Å². The van der Waals surface area contributed by atoms with Crippen molar-refractivity contribution in [3.63, 3.8) is 0 Å². The molecular weight excluding hydrogens is 302 g/mol. The van der Waals surface area contributed by atoms with Gasteiger partial charge in [-0.1, -0.05) is 28.1 Å². The van der Waals surface area contributed by atoms with Crippen molar-refractivity contribution in [3.8, 4) is 0 Å². The third kappa shape index (κ3) is 3.25. The van der Waals surface area contributed by atoms with Crippen molar-refractivity contribution < 1.29 is 0 Å². The average molecular weight is 322 g/mol. The van der Waals surface area contributed by atoms with Gasteiger partial charge >= 0.3 is 0 Å². The Morgan fingerprint density at radius 2 is 1.95 bits per heavy atom. The summed E-state index contributed by atoms with van der Waals surface area (Å²) in [6.45, 7) is 4.21. The molecule has 1 unspecified atom stereocenters. The number of rotatable bonds is 4. The van der Waals surface area contributed by atoms with Gasteiger partial charge in [-0.15, -0.1) is 0 Å². The molecule has 1 heterocycles. The molecule has 2 aromatic rings. The van der Waals surface area contributed by atoms with Crippen molar-refractivity contribution in [1.82, 2.24) is 9.55 Å². The van der Waals surface area contributed by atoms with Gasteiger partial charge in [0.05, 0.1) is 0 Å². The highest BCUT2D eigenvalue weighted by atomic mass is 79.9. The maximum atomic E-state index is 6.30. The first-order valence-electron chi connectivity index (χ1n) is 6.47. The molecule has 102 valence electrons. The minimum absolute atomic E-state index is 0.0576. The predicted molar refractivity (Wildman–Crippen MR) is 82.1 cm³/mol. The van der Waals surface area contributed by atoms with E-state index in [1.54, 1.807) is 0 Å². The van der Waals surface area contributed by atoms with Gasteiger partial charge in [0.2, 0.25) is 0 Å². The van der Waals surface area contributed by atoms with Crippen LogP contribution in [-0.4, -0.2) is 9.55 Å². The zero-order chi connectivity index (χ0) is 14.0. The molecule has 1 aromatic carbocycles. The van der Waals surface area contributed by atoms with Crippen molar-refractivity contribution in [2.24, 2.45) is 12.8 Å². The molecule has 0 bridgehead atoms. The zero-order valence-electron chi connectivity index (χ0n) is 11.7. The summed E-state index contributed by atoms with van der Waals surface area (Å²) in [5.41, 5.74) is 9.98. The van der Waals surface area contributed by atoms with Crippen LogP contribution in [0.15, 0.2) is 29.0 Å². The van der Waals surface area contributed by atoms with Crippen LogP contribution in [-0.2, 0) is 13.5 Å². The molecule has 1 aromatic heterocycles. The fraction of sp³-hybridized carbons (Fsp3) is 0.400. The van der Waals surface area contributed by atoms with Crippen molar-refractivity contribution in [1.29, 1.82) is 0 Å². The SMILES string of the molecule is Cc1cc(C(N)CCc2nccn2C)cc(C)c1Br. The van der Waals surface area contributed by atoms with Crippen LogP contribution in [0, 0.1) is 13.8 Å². The lowest BCUT2D eigenvalue weighted by molar-refractivity contribution is 0.620. The van der Waals surface area contributed by atoms with E-state index in [-0.39, 0.29) is 6.04 Å². The van der Waals surface area contributed by atoms with Gasteiger partial charge < -0.3 is 10.3 Å². The van der Waals surface area contributed by atoms with Crippen LogP contribution in [0.5, 0.6) is 0 Å². The number of halogens is 1. The lowest BCUT2D eigenvalue weighted by Crippen LogP contribution is -2.13. The monoisotopic (exact) mass is 321 g/mol. The van der Waals surface area contributed by atoms with E-state index in [1.807, 2.05) is 24.0 Å². The molecule has 2 rings (SSSR count). The quantitative estimate of drug-likeness (QED) is 0.937. The Hall–Kier alpha value is -1.13. The number of aromatic nitrogens is 2. The van der Waals surface area contributed by atoms with Gasteiger partial charge in [-0.25, -0.2) is 4.98 Å². The first-order valence-corrected chi connectivity index (χ1v) is 7.26. The highest BCUT2D eigenvalue weighted by molar-refractivity contribution is 9.10. The van der Waals surface area contributed by atoms with Crippen LogP contribution in [0.2, 0.25) is 0 Å². The fourth-order valence-corrected chi connectivity index (χ4v) is 2.51. The van der Waals surface area contributed by atoms with E-state index in [9.17, 15) is 0 Å². The number of aryl methyl sites for hydroxylation is 4. The molecule has 19 heavy (non-hydrogen) atoms. The Morgan fingerprint density at radius 3 is 2.47 bits per heavy atom. The van der Waals surface area contributed by atoms with Crippen molar-refractivity contribution in [3.05, 3.63) is 51.5 Å². The molecular formula is C15H20BrN3. The largest absolute Gasteiger partial charge is 0.338 e. The molecule has 0 saturated carbocycles. The predicted octanol–water partition coefficient (Wildman–Crippen LogP) is 3.43. The lowest BCUT2D eigenvalue weighted by atomic mass is 9.98. The first kappa shape index (κ1) is 14.3. The molecule has 0 aliphatic carbocycles. The number of imidazole rings is 1. The molecule has 1 atom stereocenters. The van der Waals surface area contributed by atoms with Gasteiger partial charge in [0.15, 0.2) is 0 Å². The summed E-state index contributed by atoms with van der Waals surface area (Å²) in [7, 11) is 2.02. The summed E-state index contributed by atoms with van der Waals surface area (Å²) in [6.07, 6.45) is 5.60. The van der Waals surface area contributed by atoms with E-state index in [4.69, 9.17) is 5.73 Å². The first-order chi connectivity index (χ1) is 8.99. The normalized spacial score (nSPS) is 12.7. The van der Waals surface area contributed by atoms with Crippen LogP contribution in [0.25, 0.3) is 0 Å². The second-order valence-corrected chi connectivity index (χ2v) is 5.86. The van der Waals surface area contributed by atoms with E-state index >= 15 is 0 Å². The van der Waals surface area contributed by atoms with Crippen LogP contribution < -0.4 is 5.73 Å². The molecule has 0 aliphatic rings. The molecule has 0 fully saturated rings. The second kappa shape index (κ2) is 5.88. The average Bonchev–Trinajstić information content (AvgIpc) is 2.78. The number of nitrogens with two attached hydrogens (primary N) is 1. The Balaban J connectivity index is 2.08. The molecule has 0 spiro atoms. The Kier molecular flexibility index (Phi) is 4.42. The van der Waals surface area contributed by atoms with Crippen LogP contribution in [0.4, 0.5) is 0 Å². The molecule has 2 N–H and O–H groups in total. The highest BCUT2D eigenvalue weighted by Gasteiger charge is 2.11. The molecule has 3 nitrogen and oxygen atoms in total. The van der Waals surface area contributed by atoms with E-state index in [0.717, 1.165) is 18.7 Å². The fourth-order valence-electron chi connectivity index (χ4n) is 2.28. The van der Waals surface area contributed by atoms with Crippen LogP contribution in [0.3, 0.4) is 0 Å². The maximum Gasteiger partial charge on any atom is 0.108 e.